The molecular weight excluding hydrogens is 338 g/mol. The number of aromatic nitrogens is 1. The molecule has 1 aliphatic rings. The van der Waals surface area contributed by atoms with E-state index in [4.69, 9.17) is 9.15 Å². The van der Waals surface area contributed by atoms with Gasteiger partial charge in [0.2, 0.25) is 5.91 Å². The number of oxazole rings is 1. The average Bonchev–Trinajstić information content (AvgIpc) is 2.92. The molecule has 2 N–H and O–H groups in total. The van der Waals surface area contributed by atoms with Crippen molar-refractivity contribution in [2.75, 3.05) is 18.4 Å². The standard InChI is InChI=1S/C18H23N3O5/c1-18(2,3)26-17(24)21-8-4-5-11(10-21)15(22)19-12-6-7-14-13(9-12)20-16(23)25-14/h6-7,9,11H,4-5,8,10H2,1-3H3,(H,19,22)(H,20,23)/t11-/m1/s1. The number of carbonyl (C=O) groups is 2. The van der Waals surface area contributed by atoms with Gasteiger partial charge < -0.3 is 19.4 Å². The Morgan fingerprint density at radius 2 is 2.12 bits per heavy atom. The second-order valence-electron chi connectivity index (χ2n) is 7.48. The summed E-state index contributed by atoms with van der Waals surface area (Å²) >= 11 is 0. The van der Waals surface area contributed by atoms with Gasteiger partial charge in [-0.2, -0.15) is 0 Å². The highest BCUT2D eigenvalue weighted by Gasteiger charge is 2.31. The molecule has 1 atom stereocenters. The van der Waals surface area contributed by atoms with Gasteiger partial charge in [0.1, 0.15) is 5.60 Å². The minimum atomic E-state index is -0.566. The van der Waals surface area contributed by atoms with Gasteiger partial charge in [-0.25, -0.2) is 9.59 Å². The molecule has 3 rings (SSSR count). The fourth-order valence-corrected chi connectivity index (χ4v) is 2.96. The maximum absolute atomic E-state index is 12.6. The van der Waals surface area contributed by atoms with Gasteiger partial charge in [-0.1, -0.05) is 0 Å². The second-order valence-corrected chi connectivity index (χ2v) is 7.48. The summed E-state index contributed by atoms with van der Waals surface area (Å²) in [5.74, 6) is -1.01. The van der Waals surface area contributed by atoms with Crippen LogP contribution in [0, 0.1) is 5.92 Å². The lowest BCUT2D eigenvalue weighted by molar-refractivity contribution is -0.121. The van der Waals surface area contributed by atoms with Gasteiger partial charge in [0.05, 0.1) is 11.4 Å². The van der Waals surface area contributed by atoms with Gasteiger partial charge in [-0.05, 0) is 51.8 Å². The molecule has 0 spiro atoms. The molecule has 1 aromatic carbocycles. The molecule has 2 amide bonds. The first-order valence-electron chi connectivity index (χ1n) is 8.63. The molecule has 8 nitrogen and oxygen atoms in total. The smallest absolute Gasteiger partial charge is 0.417 e. The highest BCUT2D eigenvalue weighted by Crippen LogP contribution is 2.22. The molecule has 0 aliphatic carbocycles. The van der Waals surface area contributed by atoms with Crippen LogP contribution in [0.15, 0.2) is 27.4 Å². The molecule has 0 saturated carbocycles. The highest BCUT2D eigenvalue weighted by molar-refractivity contribution is 5.94. The topological polar surface area (TPSA) is 105 Å². The van der Waals surface area contributed by atoms with Gasteiger partial charge in [0.15, 0.2) is 5.58 Å². The van der Waals surface area contributed by atoms with Crippen LogP contribution in [0.3, 0.4) is 0 Å². The molecule has 1 aromatic heterocycles. The van der Waals surface area contributed by atoms with Gasteiger partial charge in [-0.15, -0.1) is 0 Å². The summed E-state index contributed by atoms with van der Waals surface area (Å²) in [5, 5.41) is 2.84. The molecule has 8 heteroatoms. The number of hydrogen-bond donors (Lipinski definition) is 2. The lowest BCUT2D eigenvalue weighted by atomic mass is 9.97. The van der Waals surface area contributed by atoms with Crippen LogP contribution in [0.5, 0.6) is 0 Å². The molecule has 2 aromatic rings. The van der Waals surface area contributed by atoms with Crippen molar-refractivity contribution in [2.24, 2.45) is 5.92 Å². The third-order valence-corrected chi connectivity index (χ3v) is 4.13. The molecular formula is C18H23N3O5. The van der Waals surface area contributed by atoms with E-state index in [1.807, 2.05) is 20.8 Å². The fourth-order valence-electron chi connectivity index (χ4n) is 2.96. The number of likely N-dealkylation sites (tertiary alicyclic amines) is 1. The van der Waals surface area contributed by atoms with Gasteiger partial charge in [-0.3, -0.25) is 9.78 Å². The molecule has 0 unspecified atom stereocenters. The zero-order valence-corrected chi connectivity index (χ0v) is 15.1. The summed E-state index contributed by atoms with van der Waals surface area (Å²) in [6.45, 7) is 6.35. The number of benzene rings is 1. The van der Waals surface area contributed by atoms with E-state index in [-0.39, 0.29) is 11.8 Å². The summed E-state index contributed by atoms with van der Waals surface area (Å²) in [6.07, 6.45) is 1.05. The number of carbonyl (C=O) groups excluding carboxylic acids is 2. The van der Waals surface area contributed by atoms with E-state index in [9.17, 15) is 14.4 Å². The normalized spacial score (nSPS) is 18.0. The Kier molecular flexibility index (Phi) is 4.76. The van der Waals surface area contributed by atoms with Crippen LogP contribution in [0.1, 0.15) is 33.6 Å². The summed E-state index contributed by atoms with van der Waals surface area (Å²) in [5.41, 5.74) is 0.950. The number of hydrogen-bond acceptors (Lipinski definition) is 5. The molecule has 1 fully saturated rings. The van der Waals surface area contributed by atoms with Crippen molar-refractivity contribution in [3.05, 3.63) is 28.7 Å². The average molecular weight is 361 g/mol. The largest absolute Gasteiger partial charge is 0.444 e. The summed E-state index contributed by atoms with van der Waals surface area (Å²) in [7, 11) is 0. The van der Waals surface area contributed by atoms with E-state index in [1.165, 1.54) is 0 Å². The fraction of sp³-hybridized carbons (Fsp3) is 0.500. The van der Waals surface area contributed by atoms with Crippen molar-refractivity contribution in [1.82, 2.24) is 9.88 Å². The third kappa shape index (κ3) is 4.25. The molecule has 1 aliphatic heterocycles. The predicted octanol–water partition coefficient (Wildman–Crippen LogP) is 2.71. The van der Waals surface area contributed by atoms with E-state index < -0.39 is 17.5 Å². The Bertz CT molecular complexity index is 877. The monoisotopic (exact) mass is 361 g/mol. The number of rotatable bonds is 2. The first-order chi connectivity index (χ1) is 12.2. The van der Waals surface area contributed by atoms with Crippen molar-refractivity contribution >= 4 is 28.8 Å². The van der Waals surface area contributed by atoms with Crippen LogP contribution in [-0.4, -0.2) is 40.6 Å². The van der Waals surface area contributed by atoms with Crippen molar-refractivity contribution in [3.8, 4) is 0 Å². The summed E-state index contributed by atoms with van der Waals surface area (Å²) in [6, 6.07) is 4.94. The molecule has 26 heavy (non-hydrogen) atoms. The Morgan fingerprint density at radius 3 is 2.85 bits per heavy atom. The van der Waals surface area contributed by atoms with Crippen LogP contribution in [-0.2, 0) is 9.53 Å². The molecule has 2 heterocycles. The Hall–Kier alpha value is -2.77. The zero-order valence-electron chi connectivity index (χ0n) is 15.1. The quantitative estimate of drug-likeness (QED) is 0.856. The van der Waals surface area contributed by atoms with Crippen molar-refractivity contribution in [3.63, 3.8) is 0 Å². The van der Waals surface area contributed by atoms with Crippen LogP contribution in [0.4, 0.5) is 10.5 Å². The zero-order chi connectivity index (χ0) is 18.9. The lowest BCUT2D eigenvalue weighted by Gasteiger charge is -2.33. The third-order valence-electron chi connectivity index (χ3n) is 4.13. The second kappa shape index (κ2) is 6.86. The number of nitrogens with zero attached hydrogens (tertiary/aromatic N) is 1. The number of fused-ring (bicyclic) bond motifs is 1. The van der Waals surface area contributed by atoms with E-state index >= 15 is 0 Å². The maximum Gasteiger partial charge on any atom is 0.417 e. The number of ether oxygens (including phenoxy) is 1. The molecule has 1 saturated heterocycles. The molecule has 0 bridgehead atoms. The van der Waals surface area contributed by atoms with Gasteiger partial charge in [0, 0.05) is 18.8 Å². The Balaban J connectivity index is 1.64. The lowest BCUT2D eigenvalue weighted by Crippen LogP contribution is -2.45. The van der Waals surface area contributed by atoms with Gasteiger partial charge >= 0.3 is 11.8 Å². The van der Waals surface area contributed by atoms with E-state index in [2.05, 4.69) is 10.3 Å². The van der Waals surface area contributed by atoms with Crippen LogP contribution < -0.4 is 11.1 Å². The van der Waals surface area contributed by atoms with E-state index in [0.29, 0.717) is 36.3 Å². The highest BCUT2D eigenvalue weighted by atomic mass is 16.6. The summed E-state index contributed by atoms with van der Waals surface area (Å²) < 4.78 is 10.3. The number of H-pyrrole nitrogens is 1. The maximum atomic E-state index is 12.6. The first kappa shape index (κ1) is 18.0. The summed E-state index contributed by atoms with van der Waals surface area (Å²) in [4.78, 5) is 40.1. The number of nitrogens with one attached hydrogen (secondary N) is 2. The van der Waals surface area contributed by atoms with Crippen molar-refractivity contribution < 1.29 is 18.7 Å². The number of piperidine rings is 1. The van der Waals surface area contributed by atoms with Crippen LogP contribution in [0.2, 0.25) is 0 Å². The number of anilines is 1. The van der Waals surface area contributed by atoms with Crippen molar-refractivity contribution in [2.45, 2.75) is 39.2 Å². The number of aromatic amines is 1. The van der Waals surface area contributed by atoms with E-state index in [1.54, 1.807) is 23.1 Å². The van der Waals surface area contributed by atoms with Crippen molar-refractivity contribution in [1.29, 1.82) is 0 Å². The van der Waals surface area contributed by atoms with Gasteiger partial charge in [0.25, 0.3) is 0 Å². The Morgan fingerprint density at radius 1 is 1.35 bits per heavy atom. The van der Waals surface area contributed by atoms with Crippen LogP contribution in [0.25, 0.3) is 11.1 Å². The molecule has 0 radical (unpaired) electrons. The minimum Gasteiger partial charge on any atom is -0.444 e. The first-order valence-corrected chi connectivity index (χ1v) is 8.63. The predicted molar refractivity (Wildman–Crippen MR) is 96.0 cm³/mol. The SMILES string of the molecule is CC(C)(C)OC(=O)N1CCC[C@@H](C(=O)Nc2ccc3oc(=O)[nH]c3c2)C1. The molecule has 140 valence electrons. The van der Waals surface area contributed by atoms with E-state index in [0.717, 1.165) is 6.42 Å². The minimum absolute atomic E-state index is 0.163. The van der Waals surface area contributed by atoms with Crippen LogP contribution >= 0.6 is 0 Å². The number of amides is 2. The Labute approximate surface area is 150 Å².